The topological polar surface area (TPSA) is 20.6 Å². The molecule has 0 atom stereocenters. The van der Waals surface area contributed by atoms with E-state index in [0.717, 1.165) is 12.8 Å². The number of hydrogen-bond acceptors (Lipinski definition) is 1. The van der Waals surface area contributed by atoms with Gasteiger partial charge in [-0.15, -0.1) is 0 Å². The highest BCUT2D eigenvalue weighted by atomic mass is 14.9. The maximum absolute atomic E-state index is 4.72. The van der Waals surface area contributed by atoms with E-state index in [-0.39, 0.29) is 0 Å². The minimum atomic E-state index is 0.290. The van der Waals surface area contributed by atoms with E-state index in [1.807, 2.05) is 6.20 Å². The van der Waals surface area contributed by atoms with Gasteiger partial charge in [-0.25, -0.2) is 9.13 Å². The van der Waals surface area contributed by atoms with Crippen molar-refractivity contribution in [1.82, 2.24) is 4.98 Å². The van der Waals surface area contributed by atoms with Gasteiger partial charge < -0.3 is 0 Å². The van der Waals surface area contributed by atoms with Crippen LogP contribution in [0, 0.1) is 0 Å². The normalized spacial score (nSPS) is 14.1. The fourth-order valence-electron chi connectivity index (χ4n) is 4.44. The van der Waals surface area contributed by atoms with E-state index < -0.39 is 0 Å². The second kappa shape index (κ2) is 4.51. The standard InChI is InChI=1S/C19H18BN3/c1-22-9-3-5-14-11-13-7-8-21-16-12-15-6-4-10-23(2)19(15)20(17(13)16)18(14)22/h3-10H,11-12H2,1-2H3/q+2. The average molecular weight is 299 g/mol. The molecule has 5 heterocycles. The van der Waals surface area contributed by atoms with Crippen LogP contribution in [0.25, 0.3) is 0 Å². The fourth-order valence-corrected chi connectivity index (χ4v) is 4.44. The second-order valence-corrected chi connectivity index (χ2v) is 6.68. The van der Waals surface area contributed by atoms with Gasteiger partial charge in [0.05, 0.1) is 0 Å². The molecule has 0 aromatic carbocycles. The molecule has 2 aliphatic rings. The highest BCUT2D eigenvalue weighted by Gasteiger charge is 2.48. The lowest BCUT2D eigenvalue weighted by Crippen LogP contribution is -2.75. The van der Waals surface area contributed by atoms with Crippen molar-refractivity contribution in [3.05, 3.63) is 71.3 Å². The van der Waals surface area contributed by atoms with Crippen molar-refractivity contribution < 1.29 is 9.13 Å². The van der Waals surface area contributed by atoms with Gasteiger partial charge in [0, 0.05) is 48.0 Å². The van der Waals surface area contributed by atoms with Crippen LogP contribution in [0.5, 0.6) is 0 Å². The lowest BCUT2D eigenvalue weighted by atomic mass is 9.33. The molecule has 110 valence electrons. The molecule has 0 fully saturated rings. The largest absolute Gasteiger partial charge is 0.408 e. The zero-order valence-corrected chi connectivity index (χ0v) is 13.5. The summed E-state index contributed by atoms with van der Waals surface area (Å²) < 4.78 is 4.59. The minimum absolute atomic E-state index is 0.290. The first kappa shape index (κ1) is 13.0. The molecule has 0 unspecified atom stereocenters. The Hall–Kier alpha value is -2.49. The van der Waals surface area contributed by atoms with Crippen LogP contribution < -0.4 is 25.8 Å². The molecule has 0 bridgehead atoms. The summed E-state index contributed by atoms with van der Waals surface area (Å²) in [6.45, 7) is 0.290. The maximum atomic E-state index is 4.72. The van der Waals surface area contributed by atoms with Gasteiger partial charge in [-0.3, -0.25) is 4.98 Å². The van der Waals surface area contributed by atoms with E-state index in [9.17, 15) is 0 Å². The number of aromatic nitrogens is 3. The number of rotatable bonds is 0. The Morgan fingerprint density at radius 1 is 0.870 bits per heavy atom. The summed E-state index contributed by atoms with van der Waals surface area (Å²) in [5.41, 5.74) is 9.79. The zero-order chi connectivity index (χ0) is 15.6. The van der Waals surface area contributed by atoms with E-state index in [4.69, 9.17) is 4.98 Å². The third-order valence-electron chi connectivity index (χ3n) is 5.37. The van der Waals surface area contributed by atoms with Gasteiger partial charge in [0.15, 0.2) is 23.6 Å². The summed E-state index contributed by atoms with van der Waals surface area (Å²) >= 11 is 0. The molecular formula is C19H18BN3+2. The lowest BCUT2D eigenvalue weighted by molar-refractivity contribution is -0.659. The van der Waals surface area contributed by atoms with Gasteiger partial charge in [-0.05, 0) is 29.2 Å². The first-order valence-electron chi connectivity index (χ1n) is 8.15. The van der Waals surface area contributed by atoms with Crippen molar-refractivity contribution in [2.75, 3.05) is 0 Å². The van der Waals surface area contributed by atoms with Gasteiger partial charge in [0.25, 0.3) is 0 Å². The van der Waals surface area contributed by atoms with E-state index >= 15 is 0 Å². The van der Waals surface area contributed by atoms with Crippen molar-refractivity contribution in [3.8, 4) is 0 Å². The zero-order valence-electron chi connectivity index (χ0n) is 13.5. The lowest BCUT2D eigenvalue weighted by Gasteiger charge is -2.28. The van der Waals surface area contributed by atoms with Gasteiger partial charge in [-0.1, -0.05) is 0 Å². The van der Waals surface area contributed by atoms with Gasteiger partial charge >= 0.3 is 6.71 Å². The van der Waals surface area contributed by atoms with Crippen molar-refractivity contribution in [1.29, 1.82) is 0 Å². The molecule has 0 N–H and O–H groups in total. The molecule has 0 saturated heterocycles. The van der Waals surface area contributed by atoms with Crippen LogP contribution in [-0.4, -0.2) is 11.7 Å². The average Bonchev–Trinajstić information content (AvgIpc) is 2.55. The number of fused-ring (bicyclic) bond motifs is 4. The third-order valence-corrected chi connectivity index (χ3v) is 5.37. The van der Waals surface area contributed by atoms with Crippen molar-refractivity contribution >= 4 is 23.4 Å². The molecule has 2 aliphatic heterocycles. The van der Waals surface area contributed by atoms with Crippen LogP contribution in [-0.2, 0) is 26.9 Å². The van der Waals surface area contributed by atoms with E-state index in [1.54, 1.807) is 0 Å². The molecule has 3 aromatic rings. The Kier molecular flexibility index (Phi) is 2.55. The molecule has 0 amide bonds. The fraction of sp³-hybridized carbons (Fsp3) is 0.211. The van der Waals surface area contributed by atoms with Gasteiger partial charge in [0.1, 0.15) is 14.1 Å². The van der Waals surface area contributed by atoms with Gasteiger partial charge in [0.2, 0.25) is 0 Å². The molecule has 0 radical (unpaired) electrons. The highest BCUT2D eigenvalue weighted by Crippen LogP contribution is 2.18. The van der Waals surface area contributed by atoms with Crippen molar-refractivity contribution in [2.45, 2.75) is 12.8 Å². The predicted octanol–water partition coefficient (Wildman–Crippen LogP) is -0.945. The maximum Gasteiger partial charge on any atom is 0.408 e. The van der Waals surface area contributed by atoms with Crippen LogP contribution in [0.1, 0.15) is 22.4 Å². The summed E-state index contributed by atoms with van der Waals surface area (Å²) in [6.07, 6.45) is 8.26. The molecule has 23 heavy (non-hydrogen) atoms. The van der Waals surface area contributed by atoms with Crippen molar-refractivity contribution in [3.63, 3.8) is 0 Å². The quantitative estimate of drug-likeness (QED) is 0.267. The van der Waals surface area contributed by atoms with E-state index in [1.165, 1.54) is 39.0 Å². The van der Waals surface area contributed by atoms with Crippen molar-refractivity contribution in [2.24, 2.45) is 14.1 Å². The highest BCUT2D eigenvalue weighted by molar-refractivity contribution is 6.95. The smallest absolute Gasteiger partial charge is 0.261 e. The summed E-state index contributed by atoms with van der Waals surface area (Å²) in [4.78, 5) is 4.72. The molecule has 0 aliphatic carbocycles. The Balaban J connectivity index is 1.91. The Bertz CT molecular complexity index is 858. The predicted molar refractivity (Wildman–Crippen MR) is 89.7 cm³/mol. The number of aryl methyl sites for hydroxylation is 2. The molecule has 0 spiro atoms. The number of nitrogens with zero attached hydrogens (tertiary/aromatic N) is 3. The summed E-state index contributed by atoms with van der Waals surface area (Å²) in [6, 6.07) is 11.0. The van der Waals surface area contributed by atoms with Crippen LogP contribution >= 0.6 is 0 Å². The van der Waals surface area contributed by atoms with Crippen LogP contribution in [0.3, 0.4) is 0 Å². The van der Waals surface area contributed by atoms with Gasteiger partial charge in [-0.2, -0.15) is 0 Å². The summed E-state index contributed by atoms with van der Waals surface area (Å²) in [5.74, 6) is 0. The Labute approximate surface area is 136 Å². The number of pyridine rings is 3. The molecule has 3 nitrogen and oxygen atoms in total. The van der Waals surface area contributed by atoms with Crippen LogP contribution in [0.4, 0.5) is 0 Å². The van der Waals surface area contributed by atoms with Crippen LogP contribution in [0.15, 0.2) is 48.9 Å². The molecule has 0 saturated carbocycles. The SMILES string of the molecule is C[n+]1cccc2c1B1c3c(ccnc3Cc3ccc[n+](C)c31)C2. The van der Waals surface area contributed by atoms with E-state index in [0.29, 0.717) is 6.71 Å². The Morgan fingerprint density at radius 2 is 1.52 bits per heavy atom. The Morgan fingerprint density at radius 3 is 2.22 bits per heavy atom. The first-order valence-corrected chi connectivity index (χ1v) is 8.15. The molecule has 3 aromatic heterocycles. The summed E-state index contributed by atoms with van der Waals surface area (Å²) in [7, 11) is 4.33. The molecule has 4 heteroatoms. The third kappa shape index (κ3) is 1.69. The van der Waals surface area contributed by atoms with Crippen LogP contribution in [0.2, 0.25) is 0 Å². The summed E-state index contributed by atoms with van der Waals surface area (Å²) in [5, 5.41) is 0. The van der Waals surface area contributed by atoms with E-state index in [2.05, 4.69) is 66.0 Å². The first-order chi connectivity index (χ1) is 11.2. The molecular weight excluding hydrogens is 281 g/mol. The monoisotopic (exact) mass is 299 g/mol. The second-order valence-electron chi connectivity index (χ2n) is 6.68. The minimum Gasteiger partial charge on any atom is -0.261 e. The molecule has 5 rings (SSSR count). The number of hydrogen-bond donors (Lipinski definition) is 0.